The number of hydrogen-bond acceptors (Lipinski definition) is 6. The van der Waals surface area contributed by atoms with E-state index in [-0.39, 0.29) is 11.8 Å². The monoisotopic (exact) mass is 312 g/mol. The highest BCUT2D eigenvalue weighted by Gasteiger charge is 2.25. The van der Waals surface area contributed by atoms with Crippen LogP contribution in [0.2, 0.25) is 0 Å². The highest BCUT2D eigenvalue weighted by atomic mass is 16.5. The van der Waals surface area contributed by atoms with Crippen molar-refractivity contribution in [3.05, 3.63) is 48.1 Å². The number of benzene rings is 1. The van der Waals surface area contributed by atoms with Gasteiger partial charge in [-0.25, -0.2) is 4.98 Å². The van der Waals surface area contributed by atoms with E-state index in [0.29, 0.717) is 23.1 Å². The quantitative estimate of drug-likeness (QED) is 0.745. The van der Waals surface area contributed by atoms with Gasteiger partial charge in [-0.15, -0.1) is 0 Å². The molecular weight excluding hydrogens is 296 g/mol. The summed E-state index contributed by atoms with van der Waals surface area (Å²) in [6, 6.07) is 8.59. The molecule has 118 valence electrons. The number of aromatic nitrogens is 5. The Bertz CT molecular complexity index is 766. The third kappa shape index (κ3) is 3.25. The summed E-state index contributed by atoms with van der Waals surface area (Å²) in [5, 5.41) is 13.2. The molecule has 1 aromatic carbocycles. The Labute approximate surface area is 132 Å². The summed E-state index contributed by atoms with van der Waals surface area (Å²) in [4.78, 5) is 20.6. The number of nitrogens with one attached hydrogen (secondary N) is 2. The molecule has 1 atom stereocenters. The third-order valence-corrected chi connectivity index (χ3v) is 3.32. The zero-order chi connectivity index (χ0) is 16.2. The molecule has 8 heteroatoms. The van der Waals surface area contributed by atoms with Gasteiger partial charge in [0.05, 0.1) is 0 Å². The van der Waals surface area contributed by atoms with Crippen molar-refractivity contribution in [2.75, 3.05) is 0 Å². The van der Waals surface area contributed by atoms with Gasteiger partial charge >= 0.3 is 0 Å². The van der Waals surface area contributed by atoms with Gasteiger partial charge in [0.15, 0.2) is 5.82 Å². The maximum Gasteiger partial charge on any atom is 0.251 e. The largest absolute Gasteiger partial charge is 0.340 e. The smallest absolute Gasteiger partial charge is 0.251 e. The van der Waals surface area contributed by atoms with E-state index >= 15 is 0 Å². The van der Waals surface area contributed by atoms with Gasteiger partial charge in [0.25, 0.3) is 5.91 Å². The molecule has 1 amide bonds. The lowest BCUT2D eigenvalue weighted by Crippen LogP contribution is -2.32. The van der Waals surface area contributed by atoms with Crippen molar-refractivity contribution < 1.29 is 9.32 Å². The van der Waals surface area contributed by atoms with E-state index < -0.39 is 6.04 Å². The van der Waals surface area contributed by atoms with Crippen molar-refractivity contribution >= 4 is 5.91 Å². The summed E-state index contributed by atoms with van der Waals surface area (Å²) in [6.45, 7) is 3.93. The molecular formula is C15H16N6O2. The van der Waals surface area contributed by atoms with Crippen LogP contribution in [0.1, 0.15) is 36.1 Å². The summed E-state index contributed by atoms with van der Waals surface area (Å²) in [6.07, 6.45) is 1.36. The van der Waals surface area contributed by atoms with Crippen LogP contribution >= 0.6 is 0 Å². The van der Waals surface area contributed by atoms with Crippen LogP contribution in [0.4, 0.5) is 0 Å². The van der Waals surface area contributed by atoms with Gasteiger partial charge in [-0.2, -0.15) is 10.1 Å². The number of aromatic amines is 1. The third-order valence-electron chi connectivity index (χ3n) is 3.32. The van der Waals surface area contributed by atoms with Crippen molar-refractivity contribution in [3.8, 4) is 11.6 Å². The van der Waals surface area contributed by atoms with Gasteiger partial charge in [-0.05, 0) is 18.1 Å². The van der Waals surface area contributed by atoms with Gasteiger partial charge in [0, 0.05) is 5.56 Å². The highest BCUT2D eigenvalue weighted by Crippen LogP contribution is 2.22. The van der Waals surface area contributed by atoms with Gasteiger partial charge in [-0.1, -0.05) is 37.2 Å². The van der Waals surface area contributed by atoms with E-state index in [0.717, 1.165) is 0 Å². The topological polar surface area (TPSA) is 110 Å². The summed E-state index contributed by atoms with van der Waals surface area (Å²) in [7, 11) is 0. The molecule has 0 unspecified atom stereocenters. The summed E-state index contributed by atoms with van der Waals surface area (Å²) in [5.74, 6) is 0.930. The molecule has 3 rings (SSSR count). The predicted molar refractivity (Wildman–Crippen MR) is 81.2 cm³/mol. The molecule has 0 saturated carbocycles. The Morgan fingerprint density at radius 2 is 2.04 bits per heavy atom. The van der Waals surface area contributed by atoms with Crippen LogP contribution in [0, 0.1) is 5.92 Å². The number of rotatable bonds is 5. The molecule has 0 fully saturated rings. The SMILES string of the molecule is CC(C)[C@H](NC(=O)c1ccccc1)c1nc(-c2ncn[nH]2)no1. The van der Waals surface area contributed by atoms with Crippen molar-refractivity contribution in [2.24, 2.45) is 5.92 Å². The fourth-order valence-corrected chi connectivity index (χ4v) is 2.10. The second kappa shape index (κ2) is 6.39. The zero-order valence-corrected chi connectivity index (χ0v) is 12.7. The lowest BCUT2D eigenvalue weighted by Gasteiger charge is -2.18. The van der Waals surface area contributed by atoms with Crippen LogP contribution in [-0.4, -0.2) is 31.2 Å². The van der Waals surface area contributed by atoms with Crippen LogP contribution in [0.5, 0.6) is 0 Å². The minimum atomic E-state index is -0.396. The van der Waals surface area contributed by atoms with E-state index in [2.05, 4.69) is 30.6 Å². The van der Waals surface area contributed by atoms with E-state index in [1.54, 1.807) is 12.1 Å². The highest BCUT2D eigenvalue weighted by molar-refractivity contribution is 5.94. The molecule has 2 aromatic heterocycles. The van der Waals surface area contributed by atoms with Crippen LogP contribution < -0.4 is 5.32 Å². The molecule has 0 radical (unpaired) electrons. The Morgan fingerprint density at radius 3 is 2.70 bits per heavy atom. The predicted octanol–water partition coefficient (Wildman–Crippen LogP) is 1.98. The summed E-state index contributed by atoms with van der Waals surface area (Å²) >= 11 is 0. The van der Waals surface area contributed by atoms with E-state index in [1.807, 2.05) is 32.0 Å². The molecule has 0 aliphatic carbocycles. The number of nitrogens with zero attached hydrogens (tertiary/aromatic N) is 4. The molecule has 0 aliphatic heterocycles. The molecule has 3 aromatic rings. The first-order valence-corrected chi connectivity index (χ1v) is 7.20. The molecule has 2 heterocycles. The first kappa shape index (κ1) is 14.9. The maximum atomic E-state index is 12.3. The Morgan fingerprint density at radius 1 is 1.26 bits per heavy atom. The number of amides is 1. The summed E-state index contributed by atoms with van der Waals surface area (Å²) < 4.78 is 5.29. The zero-order valence-electron chi connectivity index (χ0n) is 12.7. The first-order chi connectivity index (χ1) is 11.1. The van der Waals surface area contributed by atoms with E-state index in [1.165, 1.54) is 6.33 Å². The van der Waals surface area contributed by atoms with Crippen LogP contribution in [0.25, 0.3) is 11.6 Å². The van der Waals surface area contributed by atoms with E-state index in [4.69, 9.17) is 4.52 Å². The number of carbonyl (C=O) groups is 1. The lowest BCUT2D eigenvalue weighted by molar-refractivity contribution is 0.0914. The Balaban J connectivity index is 1.81. The standard InChI is InChI=1S/C15H16N6O2/c1-9(2)11(18-14(22)10-6-4-3-5-7-10)15-19-13(21-23-15)12-16-8-17-20-12/h3-9,11H,1-2H3,(H,18,22)(H,16,17,20)/t11-/m0/s1. The molecule has 23 heavy (non-hydrogen) atoms. The van der Waals surface area contributed by atoms with Crippen molar-refractivity contribution in [3.63, 3.8) is 0 Å². The van der Waals surface area contributed by atoms with Crippen molar-refractivity contribution in [1.82, 2.24) is 30.6 Å². The molecule has 0 bridgehead atoms. The Kier molecular flexibility index (Phi) is 4.13. The van der Waals surface area contributed by atoms with Crippen LogP contribution in [-0.2, 0) is 0 Å². The summed E-state index contributed by atoms with van der Waals surface area (Å²) in [5.41, 5.74) is 0.577. The maximum absolute atomic E-state index is 12.3. The number of H-pyrrole nitrogens is 1. The normalized spacial score (nSPS) is 12.3. The molecule has 0 saturated heterocycles. The average molecular weight is 312 g/mol. The molecule has 8 nitrogen and oxygen atoms in total. The van der Waals surface area contributed by atoms with Gasteiger partial charge in [0.1, 0.15) is 12.4 Å². The minimum absolute atomic E-state index is 0.0747. The number of hydrogen-bond donors (Lipinski definition) is 2. The number of carbonyl (C=O) groups excluding carboxylic acids is 1. The first-order valence-electron chi connectivity index (χ1n) is 7.20. The molecule has 0 aliphatic rings. The van der Waals surface area contributed by atoms with Gasteiger partial charge < -0.3 is 9.84 Å². The Hall–Kier alpha value is -3.03. The van der Waals surface area contributed by atoms with Crippen molar-refractivity contribution in [1.29, 1.82) is 0 Å². The second-order valence-corrected chi connectivity index (χ2v) is 5.35. The second-order valence-electron chi connectivity index (χ2n) is 5.35. The van der Waals surface area contributed by atoms with Crippen LogP contribution in [0.15, 0.2) is 41.2 Å². The average Bonchev–Trinajstić information content (AvgIpc) is 3.23. The van der Waals surface area contributed by atoms with Crippen LogP contribution in [0.3, 0.4) is 0 Å². The molecule has 2 N–H and O–H groups in total. The van der Waals surface area contributed by atoms with Gasteiger partial charge in [0.2, 0.25) is 11.7 Å². The lowest BCUT2D eigenvalue weighted by atomic mass is 10.0. The van der Waals surface area contributed by atoms with E-state index in [9.17, 15) is 4.79 Å². The fraction of sp³-hybridized carbons (Fsp3) is 0.267. The van der Waals surface area contributed by atoms with Gasteiger partial charge in [-0.3, -0.25) is 9.89 Å². The molecule has 0 spiro atoms. The van der Waals surface area contributed by atoms with Crippen molar-refractivity contribution in [2.45, 2.75) is 19.9 Å². The fourth-order valence-electron chi connectivity index (χ4n) is 2.10. The minimum Gasteiger partial charge on any atom is -0.340 e.